The average molecular weight is 261 g/mol. The summed E-state index contributed by atoms with van der Waals surface area (Å²) in [6.07, 6.45) is 0. The Kier molecular flexibility index (Phi) is 3.33. The summed E-state index contributed by atoms with van der Waals surface area (Å²) < 4.78 is 10.2. The molecule has 6 nitrogen and oxygen atoms in total. The average Bonchev–Trinajstić information content (AvgIpc) is 2.87. The fourth-order valence-electron chi connectivity index (χ4n) is 1.67. The number of carbonyl (C=O) groups is 1. The number of nitro groups is 1. The molecule has 1 aromatic carbocycles. The molecule has 0 aliphatic rings. The summed E-state index contributed by atoms with van der Waals surface area (Å²) >= 11 is 0. The van der Waals surface area contributed by atoms with Crippen LogP contribution in [0.2, 0.25) is 0 Å². The van der Waals surface area contributed by atoms with Crippen molar-refractivity contribution in [2.24, 2.45) is 0 Å². The van der Waals surface area contributed by atoms with E-state index < -0.39 is 4.92 Å². The van der Waals surface area contributed by atoms with Crippen LogP contribution in [0, 0.1) is 10.1 Å². The molecule has 0 saturated heterocycles. The zero-order valence-corrected chi connectivity index (χ0v) is 10.4. The molecule has 0 aliphatic carbocycles. The summed E-state index contributed by atoms with van der Waals surface area (Å²) in [5.41, 5.74) is 0.362. The van der Waals surface area contributed by atoms with Crippen LogP contribution >= 0.6 is 0 Å². The van der Waals surface area contributed by atoms with E-state index in [0.29, 0.717) is 11.3 Å². The van der Waals surface area contributed by atoms with Gasteiger partial charge in [0.05, 0.1) is 12.0 Å². The van der Waals surface area contributed by atoms with E-state index in [9.17, 15) is 14.9 Å². The van der Waals surface area contributed by atoms with E-state index in [2.05, 4.69) is 0 Å². The van der Waals surface area contributed by atoms with Crippen molar-refractivity contribution < 1.29 is 18.9 Å². The first kappa shape index (κ1) is 12.8. The first-order chi connectivity index (χ1) is 9.02. The van der Waals surface area contributed by atoms with Gasteiger partial charge in [-0.1, -0.05) is 0 Å². The third kappa shape index (κ3) is 2.47. The van der Waals surface area contributed by atoms with Crippen LogP contribution in [0.1, 0.15) is 17.5 Å². The highest BCUT2D eigenvalue weighted by atomic mass is 16.6. The van der Waals surface area contributed by atoms with Crippen LogP contribution < -0.4 is 4.74 Å². The van der Waals surface area contributed by atoms with Gasteiger partial charge < -0.3 is 9.15 Å². The lowest BCUT2D eigenvalue weighted by Gasteiger charge is -2.03. The molecule has 0 unspecified atom stereocenters. The van der Waals surface area contributed by atoms with Crippen LogP contribution in [0.25, 0.3) is 11.3 Å². The predicted octanol–water partition coefficient (Wildman–Crippen LogP) is 3.07. The van der Waals surface area contributed by atoms with Crippen LogP contribution in [0.4, 0.5) is 5.69 Å². The SMILES string of the molecule is COc1ccc(-c2ccc(C(C)=O)o2)cc1[N+](=O)[O-]. The van der Waals surface area contributed by atoms with Gasteiger partial charge in [0.25, 0.3) is 0 Å². The van der Waals surface area contributed by atoms with E-state index >= 15 is 0 Å². The van der Waals surface area contributed by atoms with Crippen molar-refractivity contribution in [3.8, 4) is 17.1 Å². The molecule has 0 bridgehead atoms. The Morgan fingerprint density at radius 1 is 1.32 bits per heavy atom. The van der Waals surface area contributed by atoms with Gasteiger partial charge in [0, 0.05) is 18.6 Å². The summed E-state index contributed by atoms with van der Waals surface area (Å²) in [6, 6.07) is 7.61. The Hall–Kier alpha value is -2.63. The van der Waals surface area contributed by atoms with Crippen molar-refractivity contribution in [3.63, 3.8) is 0 Å². The molecule has 2 rings (SSSR count). The lowest BCUT2D eigenvalue weighted by atomic mass is 10.1. The van der Waals surface area contributed by atoms with Crippen molar-refractivity contribution in [1.82, 2.24) is 0 Å². The largest absolute Gasteiger partial charge is 0.490 e. The number of Topliss-reactive ketones (excluding diaryl/α,β-unsaturated/α-hetero) is 1. The monoisotopic (exact) mass is 261 g/mol. The molecule has 98 valence electrons. The van der Waals surface area contributed by atoms with Gasteiger partial charge in [-0.15, -0.1) is 0 Å². The van der Waals surface area contributed by atoms with Gasteiger partial charge in [0.1, 0.15) is 5.76 Å². The van der Waals surface area contributed by atoms with Crippen molar-refractivity contribution in [3.05, 3.63) is 46.2 Å². The van der Waals surface area contributed by atoms with Crippen LogP contribution in [-0.2, 0) is 0 Å². The maximum absolute atomic E-state index is 11.1. The third-order valence-corrected chi connectivity index (χ3v) is 2.61. The summed E-state index contributed by atoms with van der Waals surface area (Å²) in [5.74, 6) is 0.589. The van der Waals surface area contributed by atoms with Crippen LogP contribution in [-0.4, -0.2) is 17.8 Å². The molecule has 0 spiro atoms. The molecule has 0 fully saturated rings. The van der Waals surface area contributed by atoms with Crippen molar-refractivity contribution in [2.45, 2.75) is 6.92 Å². The molecule has 19 heavy (non-hydrogen) atoms. The maximum atomic E-state index is 11.1. The lowest BCUT2D eigenvalue weighted by molar-refractivity contribution is -0.385. The summed E-state index contributed by atoms with van der Waals surface area (Å²) in [5, 5.41) is 10.9. The smallest absolute Gasteiger partial charge is 0.311 e. The van der Waals surface area contributed by atoms with E-state index in [-0.39, 0.29) is 23.0 Å². The zero-order chi connectivity index (χ0) is 14.0. The van der Waals surface area contributed by atoms with E-state index in [4.69, 9.17) is 9.15 Å². The number of ketones is 1. The second-order valence-electron chi connectivity index (χ2n) is 3.86. The number of nitrogens with zero attached hydrogens (tertiary/aromatic N) is 1. The molecule has 6 heteroatoms. The third-order valence-electron chi connectivity index (χ3n) is 2.61. The molecule has 2 aromatic rings. The normalized spacial score (nSPS) is 10.2. The lowest BCUT2D eigenvalue weighted by Crippen LogP contribution is -1.93. The quantitative estimate of drug-likeness (QED) is 0.480. The van der Waals surface area contributed by atoms with E-state index in [1.54, 1.807) is 12.1 Å². The van der Waals surface area contributed by atoms with Gasteiger partial charge in [0.15, 0.2) is 17.3 Å². The molecular weight excluding hydrogens is 250 g/mol. The predicted molar refractivity (Wildman–Crippen MR) is 67.4 cm³/mol. The Labute approximate surface area is 108 Å². The van der Waals surface area contributed by atoms with Gasteiger partial charge in [-0.05, 0) is 24.3 Å². The Morgan fingerprint density at radius 2 is 2.05 bits per heavy atom. The molecule has 0 saturated carbocycles. The highest BCUT2D eigenvalue weighted by Crippen LogP contribution is 2.32. The molecule has 0 amide bonds. The standard InChI is InChI=1S/C13H11NO5/c1-8(15)11-5-6-12(19-11)9-3-4-13(18-2)10(7-9)14(16)17/h3-7H,1-2H3. The van der Waals surface area contributed by atoms with Gasteiger partial charge >= 0.3 is 5.69 Å². The Morgan fingerprint density at radius 3 is 2.58 bits per heavy atom. The fourth-order valence-corrected chi connectivity index (χ4v) is 1.67. The first-order valence-corrected chi connectivity index (χ1v) is 5.46. The van der Waals surface area contributed by atoms with E-state index in [1.165, 1.54) is 32.2 Å². The second kappa shape index (κ2) is 4.93. The molecule has 0 N–H and O–H groups in total. The highest BCUT2D eigenvalue weighted by Gasteiger charge is 2.17. The van der Waals surface area contributed by atoms with Gasteiger partial charge in [0.2, 0.25) is 0 Å². The van der Waals surface area contributed by atoms with Gasteiger partial charge in [-0.3, -0.25) is 14.9 Å². The number of nitro benzene ring substituents is 1. The molecule has 1 heterocycles. The van der Waals surface area contributed by atoms with Crippen LogP contribution in [0.5, 0.6) is 5.75 Å². The zero-order valence-electron chi connectivity index (χ0n) is 10.4. The molecule has 1 aromatic heterocycles. The van der Waals surface area contributed by atoms with Gasteiger partial charge in [-0.2, -0.15) is 0 Å². The topological polar surface area (TPSA) is 82.6 Å². The number of furan rings is 1. The molecule has 0 atom stereocenters. The van der Waals surface area contributed by atoms with E-state index in [0.717, 1.165) is 0 Å². The van der Waals surface area contributed by atoms with Gasteiger partial charge in [-0.25, -0.2) is 0 Å². The Bertz CT molecular complexity index is 644. The number of benzene rings is 1. The summed E-state index contributed by atoms with van der Waals surface area (Å²) in [4.78, 5) is 21.5. The van der Waals surface area contributed by atoms with Crippen molar-refractivity contribution in [1.29, 1.82) is 0 Å². The minimum Gasteiger partial charge on any atom is -0.490 e. The minimum absolute atomic E-state index is 0.152. The number of carbonyl (C=O) groups excluding carboxylic acids is 1. The molecular formula is C13H11NO5. The van der Waals surface area contributed by atoms with Crippen molar-refractivity contribution in [2.75, 3.05) is 7.11 Å². The maximum Gasteiger partial charge on any atom is 0.311 e. The van der Waals surface area contributed by atoms with Crippen LogP contribution in [0.3, 0.4) is 0 Å². The van der Waals surface area contributed by atoms with Crippen LogP contribution in [0.15, 0.2) is 34.7 Å². The summed E-state index contributed by atoms with van der Waals surface area (Å²) in [6.45, 7) is 1.39. The Balaban J connectivity index is 2.47. The molecule has 0 radical (unpaired) electrons. The number of ether oxygens (including phenoxy) is 1. The number of rotatable bonds is 4. The number of methoxy groups -OCH3 is 1. The summed E-state index contributed by atoms with van der Waals surface area (Å²) in [7, 11) is 1.36. The highest BCUT2D eigenvalue weighted by molar-refractivity contribution is 5.91. The number of hydrogen-bond acceptors (Lipinski definition) is 5. The minimum atomic E-state index is -0.531. The molecule has 0 aliphatic heterocycles. The van der Waals surface area contributed by atoms with E-state index in [1.807, 2.05) is 0 Å². The van der Waals surface area contributed by atoms with Crippen molar-refractivity contribution >= 4 is 11.5 Å². The fraction of sp³-hybridized carbons (Fsp3) is 0.154. The second-order valence-corrected chi connectivity index (χ2v) is 3.86. The first-order valence-electron chi connectivity index (χ1n) is 5.46. The number of hydrogen-bond donors (Lipinski definition) is 0.